The Kier molecular flexibility index (Phi) is 3.83. The molecule has 0 bridgehead atoms. The van der Waals surface area contributed by atoms with E-state index in [2.05, 4.69) is 20.3 Å². The number of anilines is 1. The van der Waals surface area contributed by atoms with Crippen molar-refractivity contribution in [3.63, 3.8) is 0 Å². The van der Waals surface area contributed by atoms with Crippen molar-refractivity contribution in [2.24, 2.45) is 0 Å². The Morgan fingerprint density at radius 3 is 3.00 bits per heavy atom. The van der Waals surface area contributed by atoms with Gasteiger partial charge in [-0.15, -0.1) is 11.3 Å². The molecule has 1 N–H and O–H groups in total. The minimum Gasteiger partial charge on any atom is -0.348 e. The molecule has 2 aromatic rings. The Bertz CT molecular complexity index is 641. The Balaban J connectivity index is 1.69. The molecule has 0 saturated heterocycles. The predicted octanol–water partition coefficient (Wildman–Crippen LogP) is 1.29. The molecule has 1 amide bonds. The lowest BCUT2D eigenvalue weighted by atomic mass is 9.93. The van der Waals surface area contributed by atoms with E-state index in [1.54, 1.807) is 10.9 Å². The summed E-state index contributed by atoms with van der Waals surface area (Å²) in [6.07, 6.45) is 4.41. The van der Waals surface area contributed by atoms with Crippen molar-refractivity contribution in [2.75, 3.05) is 19.0 Å². The van der Waals surface area contributed by atoms with Crippen molar-refractivity contribution in [3.8, 4) is 0 Å². The minimum atomic E-state index is -0.101. The molecular formula is C14H17N5OS. The highest BCUT2D eigenvalue weighted by Gasteiger charge is 2.23. The number of nitrogens with one attached hydrogen (secondary N) is 1. The second-order valence-electron chi connectivity index (χ2n) is 5.32. The zero-order chi connectivity index (χ0) is 14.8. The summed E-state index contributed by atoms with van der Waals surface area (Å²) in [5.74, 6) is 0.634. The van der Waals surface area contributed by atoms with Gasteiger partial charge in [0, 0.05) is 37.4 Å². The number of thiazole rings is 1. The Hall–Kier alpha value is -2.02. The smallest absolute Gasteiger partial charge is 0.270 e. The van der Waals surface area contributed by atoms with Gasteiger partial charge in [0.2, 0.25) is 5.95 Å². The Labute approximate surface area is 127 Å². The van der Waals surface area contributed by atoms with Gasteiger partial charge in [-0.1, -0.05) is 0 Å². The lowest BCUT2D eigenvalue weighted by molar-refractivity contribution is 0.0929. The fourth-order valence-corrected chi connectivity index (χ4v) is 2.95. The lowest BCUT2D eigenvalue weighted by Crippen LogP contribution is -2.39. The number of nitrogens with zero attached hydrogens (tertiary/aromatic N) is 4. The molecule has 6 nitrogen and oxygen atoms in total. The molecule has 3 rings (SSSR count). The molecule has 110 valence electrons. The molecule has 0 aromatic carbocycles. The average Bonchev–Trinajstić information content (AvgIpc) is 3.01. The van der Waals surface area contributed by atoms with Gasteiger partial charge in [0.1, 0.15) is 5.69 Å². The third-order valence-electron chi connectivity index (χ3n) is 3.54. The standard InChI is InChI=1S/C14H17N5OS/c1-19(2)14-15-6-9-5-10(3-4-11(9)18-14)17-13(20)12-7-21-8-16-12/h6-8,10H,3-5H2,1-2H3,(H,17,20)/t10-/m0/s1. The number of hydrogen-bond acceptors (Lipinski definition) is 6. The number of carbonyl (C=O) groups excluding carboxylic acids is 1. The first-order chi connectivity index (χ1) is 10.1. The van der Waals surface area contributed by atoms with E-state index in [4.69, 9.17) is 0 Å². The van der Waals surface area contributed by atoms with Gasteiger partial charge in [-0.05, 0) is 24.8 Å². The quantitative estimate of drug-likeness (QED) is 0.925. The highest BCUT2D eigenvalue weighted by atomic mass is 32.1. The van der Waals surface area contributed by atoms with E-state index in [1.165, 1.54) is 11.3 Å². The van der Waals surface area contributed by atoms with E-state index in [0.717, 1.165) is 36.5 Å². The van der Waals surface area contributed by atoms with Gasteiger partial charge in [-0.3, -0.25) is 4.79 Å². The molecule has 21 heavy (non-hydrogen) atoms. The van der Waals surface area contributed by atoms with Gasteiger partial charge in [0.25, 0.3) is 5.91 Å². The molecule has 0 aliphatic heterocycles. The van der Waals surface area contributed by atoms with Crippen LogP contribution in [0.4, 0.5) is 5.95 Å². The van der Waals surface area contributed by atoms with Crippen molar-refractivity contribution in [1.29, 1.82) is 0 Å². The van der Waals surface area contributed by atoms with E-state index >= 15 is 0 Å². The molecule has 0 saturated carbocycles. The summed E-state index contributed by atoms with van der Waals surface area (Å²) < 4.78 is 0. The predicted molar refractivity (Wildman–Crippen MR) is 81.8 cm³/mol. The number of carbonyl (C=O) groups is 1. The Morgan fingerprint density at radius 2 is 2.29 bits per heavy atom. The highest BCUT2D eigenvalue weighted by Crippen LogP contribution is 2.21. The van der Waals surface area contributed by atoms with Gasteiger partial charge in [0.05, 0.1) is 5.51 Å². The normalized spacial score (nSPS) is 17.1. The molecule has 0 unspecified atom stereocenters. The van der Waals surface area contributed by atoms with Crippen molar-refractivity contribution < 1.29 is 4.79 Å². The second-order valence-corrected chi connectivity index (χ2v) is 6.04. The molecule has 1 aliphatic rings. The largest absolute Gasteiger partial charge is 0.348 e. The van der Waals surface area contributed by atoms with Crippen LogP contribution in [0.5, 0.6) is 0 Å². The number of fused-ring (bicyclic) bond motifs is 1. The van der Waals surface area contributed by atoms with E-state index < -0.39 is 0 Å². The van der Waals surface area contributed by atoms with Crippen LogP contribution in [0.15, 0.2) is 17.1 Å². The summed E-state index contributed by atoms with van der Waals surface area (Å²) in [4.78, 5) is 26.9. The summed E-state index contributed by atoms with van der Waals surface area (Å²) in [7, 11) is 3.86. The SMILES string of the molecule is CN(C)c1ncc2c(n1)CC[C@H](NC(=O)c1cscn1)C2. The van der Waals surface area contributed by atoms with Crippen LogP contribution < -0.4 is 10.2 Å². The van der Waals surface area contributed by atoms with Crippen LogP contribution in [0, 0.1) is 0 Å². The van der Waals surface area contributed by atoms with Gasteiger partial charge < -0.3 is 10.2 Å². The van der Waals surface area contributed by atoms with E-state index in [1.807, 2.05) is 25.2 Å². The van der Waals surface area contributed by atoms with Gasteiger partial charge in [0.15, 0.2) is 0 Å². The lowest BCUT2D eigenvalue weighted by Gasteiger charge is -2.25. The number of rotatable bonds is 3. The molecule has 1 aliphatic carbocycles. The van der Waals surface area contributed by atoms with Crippen LogP contribution in [0.25, 0.3) is 0 Å². The summed E-state index contributed by atoms with van der Waals surface area (Å²) >= 11 is 1.43. The fourth-order valence-electron chi connectivity index (χ4n) is 2.42. The zero-order valence-electron chi connectivity index (χ0n) is 12.0. The molecule has 2 heterocycles. The molecule has 1 atom stereocenters. The molecule has 0 radical (unpaired) electrons. The van der Waals surface area contributed by atoms with E-state index in [9.17, 15) is 4.79 Å². The van der Waals surface area contributed by atoms with Crippen LogP contribution in [-0.4, -0.2) is 41.0 Å². The zero-order valence-corrected chi connectivity index (χ0v) is 12.9. The summed E-state index contributed by atoms with van der Waals surface area (Å²) in [5, 5.41) is 4.80. The fraction of sp³-hybridized carbons (Fsp3) is 0.429. The number of hydrogen-bond donors (Lipinski definition) is 1. The molecule has 0 spiro atoms. The van der Waals surface area contributed by atoms with Crippen LogP contribution in [0.3, 0.4) is 0 Å². The maximum Gasteiger partial charge on any atom is 0.270 e. The number of amides is 1. The highest BCUT2D eigenvalue weighted by molar-refractivity contribution is 7.07. The maximum atomic E-state index is 12.0. The first kappa shape index (κ1) is 13.9. The summed E-state index contributed by atoms with van der Waals surface area (Å²) in [6.45, 7) is 0. The van der Waals surface area contributed by atoms with Crippen LogP contribution in [0.2, 0.25) is 0 Å². The van der Waals surface area contributed by atoms with Crippen LogP contribution in [0.1, 0.15) is 28.2 Å². The topological polar surface area (TPSA) is 71.0 Å². The van der Waals surface area contributed by atoms with Gasteiger partial charge in [-0.25, -0.2) is 15.0 Å². The monoisotopic (exact) mass is 303 g/mol. The Morgan fingerprint density at radius 1 is 1.43 bits per heavy atom. The van der Waals surface area contributed by atoms with Crippen molar-refractivity contribution in [3.05, 3.63) is 34.0 Å². The first-order valence-corrected chi connectivity index (χ1v) is 7.79. The second kappa shape index (κ2) is 5.77. The molecule has 2 aromatic heterocycles. The molecular weight excluding hydrogens is 286 g/mol. The van der Waals surface area contributed by atoms with Gasteiger partial charge in [-0.2, -0.15) is 0 Å². The van der Waals surface area contributed by atoms with Crippen LogP contribution in [-0.2, 0) is 12.8 Å². The molecule has 0 fully saturated rings. The summed E-state index contributed by atoms with van der Waals surface area (Å²) in [6, 6.07) is 0.125. The third kappa shape index (κ3) is 3.02. The molecule has 7 heteroatoms. The average molecular weight is 303 g/mol. The van der Waals surface area contributed by atoms with Crippen LogP contribution >= 0.6 is 11.3 Å². The number of aromatic nitrogens is 3. The minimum absolute atomic E-state index is 0.101. The van der Waals surface area contributed by atoms with Crippen molar-refractivity contribution in [1.82, 2.24) is 20.3 Å². The third-order valence-corrected chi connectivity index (χ3v) is 4.12. The van der Waals surface area contributed by atoms with Crippen molar-refractivity contribution >= 4 is 23.2 Å². The summed E-state index contributed by atoms with van der Waals surface area (Å²) in [5.41, 5.74) is 4.37. The maximum absolute atomic E-state index is 12.0. The number of aryl methyl sites for hydroxylation is 1. The van der Waals surface area contributed by atoms with E-state index in [0.29, 0.717) is 5.69 Å². The first-order valence-electron chi connectivity index (χ1n) is 6.84. The van der Waals surface area contributed by atoms with E-state index in [-0.39, 0.29) is 11.9 Å². The van der Waals surface area contributed by atoms with Gasteiger partial charge >= 0.3 is 0 Å². The van der Waals surface area contributed by atoms with Crippen molar-refractivity contribution in [2.45, 2.75) is 25.3 Å².